The van der Waals surface area contributed by atoms with Crippen molar-refractivity contribution in [3.8, 4) is 10.6 Å². The molecular formula is C17H21N3O3S2. The van der Waals surface area contributed by atoms with Crippen molar-refractivity contribution < 1.29 is 14.3 Å². The van der Waals surface area contributed by atoms with E-state index in [2.05, 4.69) is 15.5 Å². The Morgan fingerprint density at radius 1 is 1.32 bits per heavy atom. The van der Waals surface area contributed by atoms with E-state index in [0.717, 1.165) is 16.1 Å². The Kier molecular flexibility index (Phi) is 7.39. The summed E-state index contributed by atoms with van der Waals surface area (Å²) in [6, 6.07) is 7.96. The zero-order valence-electron chi connectivity index (χ0n) is 14.4. The number of benzene rings is 1. The second kappa shape index (κ2) is 9.53. The fraction of sp³-hybridized carbons (Fsp3) is 0.412. The highest BCUT2D eigenvalue weighted by Gasteiger charge is 2.20. The number of nitrogens with one attached hydrogen (secondary N) is 1. The Bertz CT molecular complexity index is 733. The Hall–Kier alpha value is -1.93. The molecule has 8 heteroatoms. The van der Waals surface area contributed by atoms with E-state index >= 15 is 0 Å². The van der Waals surface area contributed by atoms with Gasteiger partial charge in [-0.15, -0.1) is 22.0 Å². The molecule has 1 heterocycles. The zero-order valence-corrected chi connectivity index (χ0v) is 16.1. The molecule has 1 aromatic carbocycles. The van der Waals surface area contributed by atoms with Gasteiger partial charge in [-0.2, -0.15) is 0 Å². The van der Waals surface area contributed by atoms with Crippen LogP contribution in [0.2, 0.25) is 0 Å². The predicted octanol–water partition coefficient (Wildman–Crippen LogP) is 3.53. The first-order valence-corrected chi connectivity index (χ1v) is 9.88. The number of nitrogens with zero attached hydrogens (tertiary/aromatic N) is 2. The predicted molar refractivity (Wildman–Crippen MR) is 102 cm³/mol. The van der Waals surface area contributed by atoms with Gasteiger partial charge < -0.3 is 4.74 Å². The summed E-state index contributed by atoms with van der Waals surface area (Å²) in [6.45, 7) is 6.02. The van der Waals surface area contributed by atoms with Gasteiger partial charge in [0.2, 0.25) is 11.0 Å². The number of esters is 1. The molecule has 1 aromatic heterocycles. The SMILES string of the molecule is CCOC(=O)CS[C@@H](CC)C(=O)Nc1nnc(-c2cccc(C)c2)s1. The highest BCUT2D eigenvalue weighted by atomic mass is 32.2. The van der Waals surface area contributed by atoms with Crippen molar-refractivity contribution in [2.45, 2.75) is 32.4 Å². The van der Waals surface area contributed by atoms with Crippen LogP contribution in [0.1, 0.15) is 25.8 Å². The number of hydrogen-bond acceptors (Lipinski definition) is 7. The van der Waals surface area contributed by atoms with Crippen LogP contribution in [-0.2, 0) is 14.3 Å². The van der Waals surface area contributed by atoms with Gasteiger partial charge in [0, 0.05) is 5.56 Å². The van der Waals surface area contributed by atoms with Gasteiger partial charge in [-0.3, -0.25) is 14.9 Å². The Morgan fingerprint density at radius 3 is 2.80 bits per heavy atom. The standard InChI is InChI=1S/C17H21N3O3S2/c1-4-13(24-10-14(21)23-5-2)15(22)18-17-20-19-16(25-17)12-8-6-7-11(3)9-12/h6-9,13H,4-5,10H2,1-3H3,(H,18,20,22)/t13-/m0/s1. The van der Waals surface area contributed by atoms with Crippen molar-refractivity contribution in [3.63, 3.8) is 0 Å². The Balaban J connectivity index is 1.96. The van der Waals surface area contributed by atoms with Crippen molar-refractivity contribution in [3.05, 3.63) is 29.8 Å². The molecule has 134 valence electrons. The molecule has 0 fully saturated rings. The molecule has 0 unspecified atom stereocenters. The molecule has 6 nitrogen and oxygen atoms in total. The van der Waals surface area contributed by atoms with E-state index in [1.54, 1.807) is 6.92 Å². The molecule has 0 aliphatic carbocycles. The lowest BCUT2D eigenvalue weighted by molar-refractivity contribution is -0.139. The molecule has 0 bridgehead atoms. The first-order chi connectivity index (χ1) is 12.0. The van der Waals surface area contributed by atoms with E-state index in [1.807, 2.05) is 38.1 Å². The maximum absolute atomic E-state index is 12.4. The van der Waals surface area contributed by atoms with Crippen LogP contribution in [0.15, 0.2) is 24.3 Å². The molecule has 0 spiro atoms. The molecule has 2 rings (SSSR count). The lowest BCUT2D eigenvalue weighted by Gasteiger charge is -2.12. The monoisotopic (exact) mass is 379 g/mol. The van der Waals surface area contributed by atoms with Gasteiger partial charge in [0.25, 0.3) is 0 Å². The smallest absolute Gasteiger partial charge is 0.315 e. The van der Waals surface area contributed by atoms with Gasteiger partial charge in [0.05, 0.1) is 17.6 Å². The highest BCUT2D eigenvalue weighted by Crippen LogP contribution is 2.27. The minimum atomic E-state index is -0.337. The van der Waals surface area contributed by atoms with E-state index < -0.39 is 0 Å². The first-order valence-electron chi connectivity index (χ1n) is 8.02. The molecule has 25 heavy (non-hydrogen) atoms. The number of carbonyl (C=O) groups excluding carboxylic acids is 2. The highest BCUT2D eigenvalue weighted by molar-refractivity contribution is 8.01. The normalized spacial score (nSPS) is 11.8. The number of aromatic nitrogens is 2. The third kappa shape index (κ3) is 5.82. The number of aryl methyl sites for hydroxylation is 1. The summed E-state index contributed by atoms with van der Waals surface area (Å²) in [6.07, 6.45) is 0.611. The largest absolute Gasteiger partial charge is 0.465 e. The molecule has 0 aliphatic heterocycles. The molecule has 0 radical (unpaired) electrons. The van der Waals surface area contributed by atoms with Crippen LogP contribution in [0.4, 0.5) is 5.13 Å². The quantitative estimate of drug-likeness (QED) is 0.707. The fourth-order valence-corrected chi connectivity index (χ4v) is 3.71. The summed E-state index contributed by atoms with van der Waals surface area (Å²) in [7, 11) is 0. The van der Waals surface area contributed by atoms with Crippen molar-refractivity contribution in [2.75, 3.05) is 17.7 Å². The van der Waals surface area contributed by atoms with Gasteiger partial charge in [-0.05, 0) is 26.3 Å². The zero-order chi connectivity index (χ0) is 18.2. The fourth-order valence-electron chi connectivity index (χ4n) is 2.10. The molecule has 0 aliphatic rings. The molecular weight excluding hydrogens is 358 g/mol. The third-order valence-electron chi connectivity index (χ3n) is 3.29. The Morgan fingerprint density at radius 2 is 2.12 bits per heavy atom. The number of rotatable bonds is 8. The minimum Gasteiger partial charge on any atom is -0.465 e. The summed E-state index contributed by atoms with van der Waals surface area (Å²) in [5.41, 5.74) is 2.11. The molecule has 0 saturated heterocycles. The van der Waals surface area contributed by atoms with Crippen LogP contribution in [0.3, 0.4) is 0 Å². The lowest BCUT2D eigenvalue weighted by atomic mass is 10.1. The summed E-state index contributed by atoms with van der Waals surface area (Å²) in [4.78, 5) is 23.8. The summed E-state index contributed by atoms with van der Waals surface area (Å²) in [5, 5.41) is 11.8. The number of carbonyl (C=O) groups is 2. The van der Waals surface area contributed by atoms with E-state index in [-0.39, 0.29) is 22.9 Å². The molecule has 2 aromatic rings. The van der Waals surface area contributed by atoms with Crippen molar-refractivity contribution in [1.82, 2.24) is 10.2 Å². The number of anilines is 1. The third-order valence-corrected chi connectivity index (χ3v) is 5.53. The van der Waals surface area contributed by atoms with Crippen molar-refractivity contribution in [2.24, 2.45) is 0 Å². The average Bonchev–Trinajstić information content (AvgIpc) is 3.04. The van der Waals surface area contributed by atoms with E-state index in [1.165, 1.54) is 23.1 Å². The first kappa shape index (κ1) is 19.4. The Labute approximate surface area is 155 Å². The van der Waals surface area contributed by atoms with Crippen LogP contribution in [0, 0.1) is 6.92 Å². The summed E-state index contributed by atoms with van der Waals surface area (Å²) in [5.74, 6) is -0.329. The van der Waals surface area contributed by atoms with E-state index in [0.29, 0.717) is 18.2 Å². The second-order valence-corrected chi connectivity index (χ2v) is 7.45. The van der Waals surface area contributed by atoms with Gasteiger partial charge in [0.1, 0.15) is 5.01 Å². The number of ether oxygens (including phenoxy) is 1. The van der Waals surface area contributed by atoms with Crippen LogP contribution >= 0.6 is 23.1 Å². The maximum atomic E-state index is 12.4. The average molecular weight is 380 g/mol. The van der Waals surface area contributed by atoms with E-state index in [4.69, 9.17) is 4.74 Å². The van der Waals surface area contributed by atoms with Crippen LogP contribution in [0.5, 0.6) is 0 Å². The van der Waals surface area contributed by atoms with Crippen LogP contribution < -0.4 is 5.32 Å². The van der Waals surface area contributed by atoms with Crippen molar-refractivity contribution >= 4 is 40.1 Å². The van der Waals surface area contributed by atoms with Crippen LogP contribution in [-0.4, -0.2) is 39.7 Å². The summed E-state index contributed by atoms with van der Waals surface area (Å²) < 4.78 is 4.88. The summed E-state index contributed by atoms with van der Waals surface area (Å²) >= 11 is 2.60. The molecule has 0 saturated carbocycles. The van der Waals surface area contributed by atoms with Crippen LogP contribution in [0.25, 0.3) is 10.6 Å². The number of hydrogen-bond donors (Lipinski definition) is 1. The minimum absolute atomic E-state index is 0.157. The maximum Gasteiger partial charge on any atom is 0.315 e. The van der Waals surface area contributed by atoms with Gasteiger partial charge >= 0.3 is 5.97 Å². The number of thioether (sulfide) groups is 1. The number of amides is 1. The second-order valence-electron chi connectivity index (χ2n) is 5.28. The van der Waals surface area contributed by atoms with Crippen molar-refractivity contribution in [1.29, 1.82) is 0 Å². The lowest BCUT2D eigenvalue weighted by Crippen LogP contribution is -2.26. The molecule has 1 atom stereocenters. The topological polar surface area (TPSA) is 81.2 Å². The van der Waals surface area contributed by atoms with Gasteiger partial charge in [0.15, 0.2) is 0 Å². The van der Waals surface area contributed by atoms with Gasteiger partial charge in [-0.25, -0.2) is 0 Å². The van der Waals surface area contributed by atoms with E-state index in [9.17, 15) is 9.59 Å². The van der Waals surface area contributed by atoms with Gasteiger partial charge in [-0.1, -0.05) is 42.0 Å². The molecule has 1 N–H and O–H groups in total. The molecule has 1 amide bonds.